The van der Waals surface area contributed by atoms with Crippen LogP contribution in [0.25, 0.3) is 0 Å². The predicted octanol–water partition coefficient (Wildman–Crippen LogP) is 1.51. The van der Waals surface area contributed by atoms with Gasteiger partial charge in [0.2, 0.25) is 10.0 Å². The van der Waals surface area contributed by atoms with E-state index in [4.69, 9.17) is 0 Å². The summed E-state index contributed by atoms with van der Waals surface area (Å²) in [5, 5.41) is 1.74. The third kappa shape index (κ3) is 5.12. The molecule has 1 heterocycles. The van der Waals surface area contributed by atoms with Gasteiger partial charge in [-0.1, -0.05) is 38.1 Å². The van der Waals surface area contributed by atoms with Gasteiger partial charge in [0.25, 0.3) is 11.8 Å². The summed E-state index contributed by atoms with van der Waals surface area (Å²) < 4.78 is 27.2. The molecule has 9 heteroatoms. The Labute approximate surface area is 150 Å². The lowest BCUT2D eigenvalue weighted by molar-refractivity contribution is -0.124. The second kappa shape index (κ2) is 8.24. The molecule has 1 atom stereocenters. The first-order valence-electron chi connectivity index (χ1n) is 7.52. The number of amides is 2. The zero-order chi connectivity index (χ0) is 18.4. The molecule has 0 radical (unpaired) electrons. The molecule has 1 aromatic heterocycles. The van der Waals surface area contributed by atoms with Crippen LogP contribution in [0, 0.1) is 5.92 Å². The highest BCUT2D eigenvalue weighted by atomic mass is 32.2. The molecule has 134 valence electrons. The molecule has 3 N–H and O–H groups in total. The fourth-order valence-electron chi connectivity index (χ4n) is 1.99. The summed E-state index contributed by atoms with van der Waals surface area (Å²) in [5.74, 6) is -1.42. The lowest BCUT2D eigenvalue weighted by Gasteiger charge is -2.21. The number of hydrogen-bond donors (Lipinski definition) is 3. The zero-order valence-electron chi connectivity index (χ0n) is 13.7. The number of hydrogen-bond acceptors (Lipinski definition) is 5. The zero-order valence-corrected chi connectivity index (χ0v) is 15.4. The van der Waals surface area contributed by atoms with E-state index >= 15 is 0 Å². The van der Waals surface area contributed by atoms with Crippen molar-refractivity contribution < 1.29 is 18.0 Å². The third-order valence-corrected chi connectivity index (χ3v) is 5.65. The number of benzene rings is 1. The van der Waals surface area contributed by atoms with Gasteiger partial charge in [0.15, 0.2) is 0 Å². The van der Waals surface area contributed by atoms with Crippen LogP contribution in [-0.4, -0.2) is 26.3 Å². The van der Waals surface area contributed by atoms with E-state index in [0.717, 1.165) is 0 Å². The standard InChI is InChI=1S/C16H19N3O4S2/c1-11(2)14(19-25(22,23)12-7-4-3-5-8-12)16(21)18-17-15(20)13-9-6-10-24-13/h3-11,14,19H,1-2H3,(H,17,20)(H,18,21)/t14-/m1/s1. The maximum absolute atomic E-state index is 12.4. The van der Waals surface area contributed by atoms with Crippen LogP contribution in [0.5, 0.6) is 0 Å². The topological polar surface area (TPSA) is 104 Å². The van der Waals surface area contributed by atoms with Gasteiger partial charge in [0.05, 0.1) is 9.77 Å². The van der Waals surface area contributed by atoms with Gasteiger partial charge in [0.1, 0.15) is 6.04 Å². The fraction of sp³-hybridized carbons (Fsp3) is 0.250. The van der Waals surface area contributed by atoms with Crippen molar-refractivity contribution in [3.63, 3.8) is 0 Å². The Kier molecular flexibility index (Phi) is 6.29. The van der Waals surface area contributed by atoms with Crippen molar-refractivity contribution in [3.8, 4) is 0 Å². The number of carbonyl (C=O) groups excluding carboxylic acids is 2. The smallest absolute Gasteiger partial charge is 0.271 e. The quantitative estimate of drug-likeness (QED) is 0.660. The van der Waals surface area contributed by atoms with Gasteiger partial charge in [-0.25, -0.2) is 8.42 Å². The van der Waals surface area contributed by atoms with Gasteiger partial charge in [-0.2, -0.15) is 4.72 Å². The highest BCUT2D eigenvalue weighted by molar-refractivity contribution is 7.89. The van der Waals surface area contributed by atoms with Crippen LogP contribution in [0.2, 0.25) is 0 Å². The second-order valence-electron chi connectivity index (χ2n) is 5.58. The Balaban J connectivity index is 2.04. The van der Waals surface area contributed by atoms with E-state index in [1.165, 1.54) is 23.5 Å². The van der Waals surface area contributed by atoms with Crippen molar-refractivity contribution in [3.05, 3.63) is 52.7 Å². The number of sulfonamides is 1. The van der Waals surface area contributed by atoms with Crippen LogP contribution in [0.3, 0.4) is 0 Å². The summed E-state index contributed by atoms with van der Waals surface area (Å²) in [7, 11) is -3.85. The largest absolute Gasteiger partial charge is 0.279 e. The minimum atomic E-state index is -3.85. The Morgan fingerprint density at radius 1 is 1.00 bits per heavy atom. The van der Waals surface area contributed by atoms with E-state index in [1.54, 1.807) is 49.6 Å². The van der Waals surface area contributed by atoms with E-state index in [1.807, 2.05) is 0 Å². The summed E-state index contributed by atoms with van der Waals surface area (Å²) in [6.07, 6.45) is 0. The predicted molar refractivity (Wildman–Crippen MR) is 95.3 cm³/mol. The molecule has 0 bridgehead atoms. The molecule has 0 spiro atoms. The van der Waals surface area contributed by atoms with Gasteiger partial charge in [-0.15, -0.1) is 11.3 Å². The Hall–Kier alpha value is -2.23. The molecule has 2 aromatic rings. The number of thiophene rings is 1. The Morgan fingerprint density at radius 2 is 1.68 bits per heavy atom. The number of hydrazine groups is 1. The fourth-order valence-corrected chi connectivity index (χ4v) is 3.98. The number of rotatable bonds is 6. The van der Waals surface area contributed by atoms with Crippen molar-refractivity contribution in [2.75, 3.05) is 0 Å². The van der Waals surface area contributed by atoms with E-state index < -0.39 is 27.9 Å². The molecule has 7 nitrogen and oxygen atoms in total. The Morgan fingerprint density at radius 3 is 2.24 bits per heavy atom. The van der Waals surface area contributed by atoms with E-state index in [-0.39, 0.29) is 10.8 Å². The highest BCUT2D eigenvalue weighted by Crippen LogP contribution is 2.11. The van der Waals surface area contributed by atoms with Crippen LogP contribution >= 0.6 is 11.3 Å². The summed E-state index contributed by atoms with van der Waals surface area (Å²) >= 11 is 1.23. The summed E-state index contributed by atoms with van der Waals surface area (Å²) in [6.45, 7) is 3.41. The van der Waals surface area contributed by atoms with E-state index in [0.29, 0.717) is 4.88 Å². The maximum Gasteiger partial charge on any atom is 0.279 e. The molecule has 0 saturated heterocycles. The SMILES string of the molecule is CC(C)[C@@H](NS(=O)(=O)c1ccccc1)C(=O)NNC(=O)c1cccs1. The van der Waals surface area contributed by atoms with Crippen LogP contribution < -0.4 is 15.6 Å². The van der Waals surface area contributed by atoms with Crippen LogP contribution in [0.15, 0.2) is 52.7 Å². The molecule has 0 aliphatic heterocycles. The normalized spacial score (nSPS) is 12.6. The molecule has 2 amide bonds. The highest BCUT2D eigenvalue weighted by Gasteiger charge is 2.28. The third-order valence-electron chi connectivity index (χ3n) is 3.33. The summed E-state index contributed by atoms with van der Waals surface area (Å²) in [6, 6.07) is 10.1. The molecule has 0 fully saturated rings. The van der Waals surface area contributed by atoms with Crippen molar-refractivity contribution in [2.45, 2.75) is 24.8 Å². The monoisotopic (exact) mass is 381 g/mol. The van der Waals surface area contributed by atoms with E-state index in [2.05, 4.69) is 15.6 Å². The first-order chi connectivity index (χ1) is 11.8. The van der Waals surface area contributed by atoms with Gasteiger partial charge in [-0.05, 0) is 29.5 Å². The van der Waals surface area contributed by atoms with Gasteiger partial charge in [-0.3, -0.25) is 20.4 Å². The first kappa shape index (κ1) is 19.1. The lowest BCUT2D eigenvalue weighted by Crippen LogP contribution is -2.54. The first-order valence-corrected chi connectivity index (χ1v) is 9.88. The number of carbonyl (C=O) groups is 2. The number of nitrogens with one attached hydrogen (secondary N) is 3. The summed E-state index contributed by atoms with van der Waals surface area (Å²) in [5.41, 5.74) is 4.55. The minimum absolute atomic E-state index is 0.0658. The molecule has 2 rings (SSSR count). The summed E-state index contributed by atoms with van der Waals surface area (Å²) in [4.78, 5) is 24.7. The minimum Gasteiger partial charge on any atom is -0.271 e. The molecule has 1 aromatic carbocycles. The molecule has 0 aliphatic carbocycles. The van der Waals surface area contributed by atoms with E-state index in [9.17, 15) is 18.0 Å². The molecule has 0 saturated carbocycles. The average molecular weight is 381 g/mol. The lowest BCUT2D eigenvalue weighted by atomic mass is 10.1. The molecule has 0 unspecified atom stereocenters. The molecule has 0 aliphatic rings. The molecular weight excluding hydrogens is 362 g/mol. The second-order valence-corrected chi connectivity index (χ2v) is 8.24. The van der Waals surface area contributed by atoms with Crippen LogP contribution in [0.4, 0.5) is 0 Å². The van der Waals surface area contributed by atoms with Crippen LogP contribution in [0.1, 0.15) is 23.5 Å². The Bertz CT molecular complexity index is 818. The van der Waals surface area contributed by atoms with Crippen molar-refractivity contribution in [1.29, 1.82) is 0 Å². The van der Waals surface area contributed by atoms with Gasteiger partial charge >= 0.3 is 0 Å². The van der Waals surface area contributed by atoms with Crippen LogP contribution in [-0.2, 0) is 14.8 Å². The van der Waals surface area contributed by atoms with Crippen molar-refractivity contribution in [2.24, 2.45) is 5.92 Å². The van der Waals surface area contributed by atoms with Gasteiger partial charge < -0.3 is 0 Å². The maximum atomic E-state index is 12.4. The average Bonchev–Trinajstić information content (AvgIpc) is 3.12. The molecule has 25 heavy (non-hydrogen) atoms. The molecular formula is C16H19N3O4S2. The van der Waals surface area contributed by atoms with Gasteiger partial charge in [0, 0.05) is 0 Å². The van der Waals surface area contributed by atoms with Crippen molar-refractivity contribution in [1.82, 2.24) is 15.6 Å². The van der Waals surface area contributed by atoms with Crippen molar-refractivity contribution >= 4 is 33.2 Å².